The number of piperazine rings is 3. The molecule has 116 valence electrons. The summed E-state index contributed by atoms with van der Waals surface area (Å²) in [6, 6.07) is 1.41. The molecule has 0 radical (unpaired) electrons. The molecular formula is C16H31N3O. The van der Waals surface area contributed by atoms with E-state index in [1.165, 1.54) is 64.8 Å². The summed E-state index contributed by atoms with van der Waals surface area (Å²) in [6.45, 7) is 10.7. The number of fused-ring (bicyclic) bond motifs is 3. The van der Waals surface area contributed by atoms with Crippen molar-refractivity contribution in [3.05, 3.63) is 0 Å². The first-order chi connectivity index (χ1) is 9.86. The van der Waals surface area contributed by atoms with Crippen LogP contribution in [0.15, 0.2) is 0 Å². The highest BCUT2D eigenvalue weighted by Crippen LogP contribution is 2.23. The van der Waals surface area contributed by atoms with Crippen molar-refractivity contribution < 1.29 is 4.74 Å². The van der Waals surface area contributed by atoms with Crippen molar-refractivity contribution >= 4 is 0 Å². The second-order valence-electron chi connectivity index (χ2n) is 6.63. The van der Waals surface area contributed by atoms with Gasteiger partial charge in [-0.3, -0.25) is 9.80 Å². The van der Waals surface area contributed by atoms with Gasteiger partial charge in [-0.05, 0) is 38.6 Å². The third-order valence-electron chi connectivity index (χ3n) is 5.32. The molecule has 4 heteroatoms. The van der Waals surface area contributed by atoms with Crippen LogP contribution in [0.2, 0.25) is 0 Å². The molecule has 0 aromatic heterocycles. The third-order valence-corrected chi connectivity index (χ3v) is 5.32. The van der Waals surface area contributed by atoms with Gasteiger partial charge in [-0.2, -0.15) is 0 Å². The van der Waals surface area contributed by atoms with E-state index in [0.717, 1.165) is 19.2 Å². The molecule has 1 N–H and O–H groups in total. The van der Waals surface area contributed by atoms with Crippen LogP contribution in [0, 0.1) is 0 Å². The normalized spacial score (nSPS) is 38.2. The van der Waals surface area contributed by atoms with Crippen molar-refractivity contribution in [1.29, 1.82) is 0 Å². The van der Waals surface area contributed by atoms with Gasteiger partial charge in [-0.1, -0.05) is 6.92 Å². The molecule has 4 fully saturated rings. The van der Waals surface area contributed by atoms with Gasteiger partial charge in [0.15, 0.2) is 0 Å². The molecule has 0 spiro atoms. The molecule has 3 unspecified atom stereocenters. The summed E-state index contributed by atoms with van der Waals surface area (Å²) in [7, 11) is 0. The highest BCUT2D eigenvalue weighted by atomic mass is 16.5. The Morgan fingerprint density at radius 2 is 2.10 bits per heavy atom. The number of hydrogen-bond acceptors (Lipinski definition) is 4. The first kappa shape index (κ1) is 14.8. The molecule has 20 heavy (non-hydrogen) atoms. The zero-order valence-electron chi connectivity index (χ0n) is 13.0. The van der Waals surface area contributed by atoms with E-state index in [2.05, 4.69) is 22.0 Å². The number of rotatable bonds is 7. The summed E-state index contributed by atoms with van der Waals surface area (Å²) < 4.78 is 5.75. The third kappa shape index (κ3) is 3.53. The summed E-state index contributed by atoms with van der Waals surface area (Å²) in [6.07, 6.45) is 7.00. The zero-order chi connectivity index (χ0) is 13.8. The molecule has 4 rings (SSSR count). The minimum absolute atomic E-state index is 0.559. The largest absolute Gasteiger partial charge is 0.378 e. The molecule has 4 nitrogen and oxygen atoms in total. The van der Waals surface area contributed by atoms with Gasteiger partial charge < -0.3 is 10.1 Å². The smallest absolute Gasteiger partial charge is 0.0576 e. The van der Waals surface area contributed by atoms with Gasteiger partial charge in [0, 0.05) is 51.4 Å². The van der Waals surface area contributed by atoms with Crippen molar-refractivity contribution in [1.82, 2.24) is 15.1 Å². The van der Waals surface area contributed by atoms with Crippen LogP contribution in [-0.2, 0) is 4.74 Å². The minimum atomic E-state index is 0.559. The Bertz CT molecular complexity index is 285. The van der Waals surface area contributed by atoms with E-state index in [1.54, 1.807) is 0 Å². The van der Waals surface area contributed by atoms with E-state index in [4.69, 9.17) is 4.74 Å². The fraction of sp³-hybridized carbons (Fsp3) is 1.00. The van der Waals surface area contributed by atoms with Crippen molar-refractivity contribution in [3.63, 3.8) is 0 Å². The van der Waals surface area contributed by atoms with E-state index in [-0.39, 0.29) is 0 Å². The number of ether oxygens (including phenoxy) is 1. The average molecular weight is 281 g/mol. The van der Waals surface area contributed by atoms with Gasteiger partial charge in [-0.25, -0.2) is 0 Å². The van der Waals surface area contributed by atoms with Crippen LogP contribution < -0.4 is 5.32 Å². The Balaban J connectivity index is 1.47. The molecule has 0 aromatic carbocycles. The van der Waals surface area contributed by atoms with Gasteiger partial charge in [0.2, 0.25) is 0 Å². The Kier molecular flexibility index (Phi) is 5.32. The highest BCUT2D eigenvalue weighted by molar-refractivity contribution is 4.94. The number of nitrogens with one attached hydrogen (secondary N) is 1. The molecule has 4 saturated heterocycles. The van der Waals surface area contributed by atoms with Crippen LogP contribution in [0.25, 0.3) is 0 Å². The van der Waals surface area contributed by atoms with Crippen molar-refractivity contribution in [3.8, 4) is 0 Å². The predicted molar refractivity (Wildman–Crippen MR) is 82.1 cm³/mol. The van der Waals surface area contributed by atoms with E-state index >= 15 is 0 Å². The van der Waals surface area contributed by atoms with Gasteiger partial charge >= 0.3 is 0 Å². The Labute approximate surface area is 123 Å². The molecule has 4 aliphatic rings. The lowest BCUT2D eigenvalue weighted by Crippen LogP contribution is -2.66. The van der Waals surface area contributed by atoms with Crippen LogP contribution in [0.1, 0.15) is 39.0 Å². The first-order valence-corrected chi connectivity index (χ1v) is 8.68. The minimum Gasteiger partial charge on any atom is -0.378 e. The summed E-state index contributed by atoms with van der Waals surface area (Å²) in [5, 5.41) is 3.75. The summed E-state index contributed by atoms with van der Waals surface area (Å²) in [4.78, 5) is 5.37. The summed E-state index contributed by atoms with van der Waals surface area (Å²) >= 11 is 0. The molecule has 2 bridgehead atoms. The summed E-state index contributed by atoms with van der Waals surface area (Å²) in [5.74, 6) is 0. The molecule has 3 atom stereocenters. The fourth-order valence-electron chi connectivity index (χ4n) is 4.17. The predicted octanol–water partition coefficient (Wildman–Crippen LogP) is 1.31. The second-order valence-corrected chi connectivity index (χ2v) is 6.63. The highest BCUT2D eigenvalue weighted by Gasteiger charge is 2.36. The molecule has 0 aliphatic carbocycles. The topological polar surface area (TPSA) is 27.7 Å². The molecular weight excluding hydrogens is 250 g/mol. The summed E-state index contributed by atoms with van der Waals surface area (Å²) in [5.41, 5.74) is 0. The van der Waals surface area contributed by atoms with Crippen LogP contribution in [0.4, 0.5) is 0 Å². The maximum atomic E-state index is 5.75. The van der Waals surface area contributed by atoms with Gasteiger partial charge in [0.1, 0.15) is 0 Å². The fourth-order valence-corrected chi connectivity index (χ4v) is 4.17. The number of hydrogen-bond donors (Lipinski definition) is 1. The SMILES string of the molecule is CCNC(CCCC1CCCO1)C1CN2CCN1CC2. The molecule has 0 amide bonds. The van der Waals surface area contributed by atoms with Crippen LogP contribution >= 0.6 is 0 Å². The maximum Gasteiger partial charge on any atom is 0.0576 e. The molecule has 4 aliphatic heterocycles. The Morgan fingerprint density at radius 1 is 1.25 bits per heavy atom. The van der Waals surface area contributed by atoms with E-state index < -0.39 is 0 Å². The van der Waals surface area contributed by atoms with Crippen molar-refractivity contribution in [2.75, 3.05) is 45.9 Å². The lowest BCUT2D eigenvalue weighted by atomic mass is 9.94. The second kappa shape index (κ2) is 7.21. The van der Waals surface area contributed by atoms with E-state index in [1.807, 2.05) is 0 Å². The van der Waals surface area contributed by atoms with Gasteiger partial charge in [-0.15, -0.1) is 0 Å². The molecule has 4 heterocycles. The Hall–Kier alpha value is -0.160. The number of likely N-dealkylation sites (N-methyl/N-ethyl adjacent to an activating group) is 1. The van der Waals surface area contributed by atoms with Crippen molar-refractivity contribution in [2.24, 2.45) is 0 Å². The van der Waals surface area contributed by atoms with E-state index in [9.17, 15) is 0 Å². The average Bonchev–Trinajstić information content (AvgIpc) is 3.01. The Morgan fingerprint density at radius 3 is 2.70 bits per heavy atom. The maximum absolute atomic E-state index is 5.75. The van der Waals surface area contributed by atoms with Gasteiger partial charge in [0.05, 0.1) is 6.10 Å². The van der Waals surface area contributed by atoms with Crippen LogP contribution in [0.5, 0.6) is 0 Å². The number of nitrogens with zero attached hydrogens (tertiary/aromatic N) is 2. The molecule has 0 aromatic rings. The standard InChI is InChI=1S/C16H31N3O/c1-2-17-15(7-3-5-14-6-4-12-20-14)16-13-18-8-10-19(16)11-9-18/h14-17H,2-13H2,1H3. The van der Waals surface area contributed by atoms with Gasteiger partial charge in [0.25, 0.3) is 0 Å². The lowest BCUT2D eigenvalue weighted by Gasteiger charge is -2.50. The monoisotopic (exact) mass is 281 g/mol. The zero-order valence-corrected chi connectivity index (χ0v) is 13.0. The van der Waals surface area contributed by atoms with Crippen LogP contribution in [0.3, 0.4) is 0 Å². The first-order valence-electron chi connectivity index (χ1n) is 8.68. The molecule has 0 saturated carbocycles. The quantitative estimate of drug-likeness (QED) is 0.761. The van der Waals surface area contributed by atoms with Crippen molar-refractivity contribution in [2.45, 2.75) is 57.2 Å². The van der Waals surface area contributed by atoms with E-state index in [0.29, 0.717) is 12.1 Å². The van der Waals surface area contributed by atoms with Crippen LogP contribution in [-0.4, -0.2) is 73.9 Å². The lowest BCUT2D eigenvalue weighted by molar-refractivity contribution is -0.00518.